The summed E-state index contributed by atoms with van der Waals surface area (Å²) in [7, 11) is 0. The lowest BCUT2D eigenvalue weighted by Gasteiger charge is -2.33. The van der Waals surface area contributed by atoms with E-state index in [9.17, 15) is 0 Å². The van der Waals surface area contributed by atoms with Crippen LogP contribution in [-0.2, 0) is 5.41 Å². The lowest BCUT2D eigenvalue weighted by Crippen LogP contribution is -2.28. The van der Waals surface area contributed by atoms with Crippen molar-refractivity contribution in [3.05, 3.63) is 265 Å². The van der Waals surface area contributed by atoms with Crippen molar-refractivity contribution in [1.82, 2.24) is 19.4 Å². The van der Waals surface area contributed by atoms with Gasteiger partial charge in [-0.25, -0.2) is 15.0 Å². The van der Waals surface area contributed by atoms with Crippen molar-refractivity contribution in [3.63, 3.8) is 0 Å². The summed E-state index contributed by atoms with van der Waals surface area (Å²) in [5.41, 5.74) is 16.7. The number of aromatic nitrogens is 4. The Balaban J connectivity index is 0.915. The smallest absolute Gasteiger partial charge is 0.167 e. The average Bonchev–Trinajstić information content (AvgIpc) is 4.42. The molecule has 5 nitrogen and oxygen atoms in total. The third kappa shape index (κ3) is 5.60. The standard InChI is InChI=1S/C70H40N4OS/c1-3-20-43(21-4-1)70(44-22-5-2-6-23-44)55-31-11-7-27-52(55)61-53(29-17-32-56(61)70)68-71-67(72-69(73-68)54-30-16-28-51-48-26-10-14-35-59(48)75-65(51)54)42-19-15-18-41(40-42)45-36-37-49-46-24-8-12-33-57(46)74-58-34-13-9-25-47(58)50-38-39-60-63(64(50)74)62(49)66(45)76-60/h1-40H. The van der Waals surface area contributed by atoms with E-state index >= 15 is 0 Å². The molecule has 0 unspecified atom stereocenters. The highest BCUT2D eigenvalue weighted by molar-refractivity contribution is 7.26. The van der Waals surface area contributed by atoms with E-state index in [1.54, 1.807) is 0 Å². The Hall–Kier alpha value is -9.75. The molecule has 17 rings (SSSR count). The molecule has 352 valence electrons. The van der Waals surface area contributed by atoms with Crippen LogP contribution in [0.2, 0.25) is 0 Å². The quantitative estimate of drug-likeness (QED) is 0.167. The van der Waals surface area contributed by atoms with Gasteiger partial charge in [0.2, 0.25) is 0 Å². The molecule has 5 heterocycles. The number of benzene rings is 11. The highest BCUT2D eigenvalue weighted by atomic mass is 32.1. The maximum atomic E-state index is 6.71. The lowest BCUT2D eigenvalue weighted by molar-refractivity contribution is 0.669. The summed E-state index contributed by atoms with van der Waals surface area (Å²) < 4.78 is 11.7. The van der Waals surface area contributed by atoms with E-state index < -0.39 is 5.41 Å². The summed E-state index contributed by atoms with van der Waals surface area (Å²) >= 11 is 1.88. The number of thiophene rings is 1. The largest absolute Gasteiger partial charge is 0.455 e. The van der Waals surface area contributed by atoms with Crippen molar-refractivity contribution >= 4 is 91.5 Å². The Morgan fingerprint density at radius 1 is 0.382 bits per heavy atom. The van der Waals surface area contributed by atoms with Crippen LogP contribution in [0, 0.1) is 0 Å². The average molecular weight is 985 g/mol. The first kappa shape index (κ1) is 41.7. The zero-order valence-corrected chi connectivity index (χ0v) is 41.5. The Morgan fingerprint density at radius 3 is 1.76 bits per heavy atom. The summed E-state index contributed by atoms with van der Waals surface area (Å²) in [5.74, 6) is 1.72. The van der Waals surface area contributed by atoms with E-state index in [-0.39, 0.29) is 0 Å². The summed E-state index contributed by atoms with van der Waals surface area (Å²) in [6.07, 6.45) is 0. The van der Waals surface area contributed by atoms with Gasteiger partial charge in [-0.15, -0.1) is 11.3 Å². The fourth-order valence-electron chi connectivity index (χ4n) is 13.2. The maximum absolute atomic E-state index is 6.71. The van der Waals surface area contributed by atoms with Gasteiger partial charge >= 0.3 is 0 Å². The predicted molar refractivity (Wildman–Crippen MR) is 314 cm³/mol. The van der Waals surface area contributed by atoms with E-state index in [0.29, 0.717) is 17.5 Å². The first-order valence-corrected chi connectivity index (χ1v) is 26.7. The van der Waals surface area contributed by atoms with Crippen molar-refractivity contribution in [2.24, 2.45) is 0 Å². The third-order valence-corrected chi connectivity index (χ3v) is 17.5. The number of hydrogen-bond acceptors (Lipinski definition) is 5. The first-order valence-electron chi connectivity index (χ1n) is 25.8. The normalized spacial score (nSPS) is 13.1. The molecule has 76 heavy (non-hydrogen) atoms. The zero-order chi connectivity index (χ0) is 49.6. The highest BCUT2D eigenvalue weighted by Gasteiger charge is 2.47. The van der Waals surface area contributed by atoms with Gasteiger partial charge in [0.05, 0.1) is 27.5 Å². The van der Waals surface area contributed by atoms with Crippen LogP contribution in [0.1, 0.15) is 22.3 Å². The minimum absolute atomic E-state index is 0.545. The van der Waals surface area contributed by atoms with Gasteiger partial charge in [-0.2, -0.15) is 0 Å². The van der Waals surface area contributed by atoms with Crippen molar-refractivity contribution in [2.75, 3.05) is 0 Å². The molecular formula is C70H40N4OS. The molecule has 0 bridgehead atoms. The van der Waals surface area contributed by atoms with Crippen LogP contribution in [-0.4, -0.2) is 19.4 Å². The van der Waals surface area contributed by atoms with E-state index in [1.807, 2.05) is 23.5 Å². The van der Waals surface area contributed by atoms with Gasteiger partial charge in [0.15, 0.2) is 17.5 Å². The van der Waals surface area contributed by atoms with Crippen LogP contribution >= 0.6 is 11.3 Å². The van der Waals surface area contributed by atoms with Gasteiger partial charge in [0, 0.05) is 58.2 Å². The second kappa shape index (κ2) is 15.6. The van der Waals surface area contributed by atoms with Gasteiger partial charge < -0.3 is 8.82 Å². The molecule has 0 saturated heterocycles. The molecule has 0 radical (unpaired) electrons. The Kier molecular flexibility index (Phi) is 8.58. The number of rotatable bonds is 6. The van der Waals surface area contributed by atoms with Gasteiger partial charge in [-0.3, -0.25) is 0 Å². The molecule has 5 aromatic heterocycles. The topological polar surface area (TPSA) is 56.2 Å². The summed E-state index contributed by atoms with van der Waals surface area (Å²) in [4.78, 5) is 16.5. The molecule has 0 fully saturated rings. The van der Waals surface area contributed by atoms with Crippen LogP contribution < -0.4 is 0 Å². The molecule has 6 heteroatoms. The van der Waals surface area contributed by atoms with Gasteiger partial charge in [-0.1, -0.05) is 206 Å². The van der Waals surface area contributed by atoms with Gasteiger partial charge in [0.25, 0.3) is 0 Å². The minimum atomic E-state index is -0.589. The van der Waals surface area contributed by atoms with Crippen LogP contribution in [0.5, 0.6) is 0 Å². The number of furan rings is 1. The molecule has 1 aliphatic carbocycles. The zero-order valence-electron chi connectivity index (χ0n) is 40.7. The van der Waals surface area contributed by atoms with Crippen molar-refractivity contribution in [1.29, 1.82) is 0 Å². The Labute approximate surface area is 439 Å². The van der Waals surface area contributed by atoms with E-state index in [1.165, 1.54) is 86.1 Å². The molecule has 0 N–H and O–H groups in total. The fraction of sp³-hybridized carbons (Fsp3) is 0.0143. The van der Waals surface area contributed by atoms with E-state index in [4.69, 9.17) is 19.4 Å². The molecule has 11 aromatic carbocycles. The molecule has 0 amide bonds. The second-order valence-corrected chi connectivity index (χ2v) is 21.1. The molecule has 16 aromatic rings. The lowest BCUT2D eigenvalue weighted by atomic mass is 9.67. The van der Waals surface area contributed by atoms with E-state index in [0.717, 1.165) is 55.3 Å². The fourth-order valence-corrected chi connectivity index (χ4v) is 14.5. The summed E-state index contributed by atoms with van der Waals surface area (Å²) in [6.45, 7) is 0. The Morgan fingerprint density at radius 2 is 0.961 bits per heavy atom. The van der Waals surface area contributed by atoms with Gasteiger partial charge in [0.1, 0.15) is 11.2 Å². The number of nitrogens with zero attached hydrogens (tertiary/aromatic N) is 4. The molecule has 0 saturated carbocycles. The monoisotopic (exact) mass is 984 g/mol. The first-order chi connectivity index (χ1) is 37.7. The second-order valence-electron chi connectivity index (χ2n) is 20.1. The molecule has 0 spiro atoms. The highest BCUT2D eigenvalue weighted by Crippen LogP contribution is 2.58. The van der Waals surface area contributed by atoms with Crippen LogP contribution in [0.4, 0.5) is 0 Å². The number of fused-ring (bicyclic) bond motifs is 12. The molecule has 1 aliphatic rings. The SMILES string of the molecule is c1ccc(C2(c3ccccc3)c3ccccc3-c3c(-c4nc(-c5cccc(-c6ccc7c8ccccc8n8c9ccccc9c9ccc%10sc6c7c%10c98)c5)nc(-c5cccc6c5oc5ccccc56)n4)cccc32)cc1. The van der Waals surface area contributed by atoms with Crippen LogP contribution in [0.15, 0.2) is 247 Å². The van der Waals surface area contributed by atoms with Crippen LogP contribution in [0.3, 0.4) is 0 Å². The Bertz CT molecular complexity index is 5030. The molecular weight excluding hydrogens is 945 g/mol. The summed E-state index contributed by atoms with van der Waals surface area (Å²) in [5, 5.41) is 9.71. The van der Waals surface area contributed by atoms with Crippen molar-refractivity contribution in [2.45, 2.75) is 5.41 Å². The van der Waals surface area contributed by atoms with Crippen molar-refractivity contribution in [3.8, 4) is 56.4 Å². The molecule has 0 atom stereocenters. The minimum Gasteiger partial charge on any atom is -0.455 e. The van der Waals surface area contributed by atoms with Crippen molar-refractivity contribution < 1.29 is 4.42 Å². The van der Waals surface area contributed by atoms with Crippen LogP contribution in [0.25, 0.3) is 137 Å². The van der Waals surface area contributed by atoms with E-state index in [2.05, 4.69) is 235 Å². The summed E-state index contributed by atoms with van der Waals surface area (Å²) in [6, 6.07) is 87.7. The number of hydrogen-bond donors (Lipinski definition) is 0. The maximum Gasteiger partial charge on any atom is 0.167 e. The molecule has 0 aliphatic heterocycles. The third-order valence-electron chi connectivity index (χ3n) is 16.3. The van der Waals surface area contributed by atoms with Gasteiger partial charge in [-0.05, 0) is 86.3 Å². The predicted octanol–water partition coefficient (Wildman–Crippen LogP) is 18.3. The number of para-hydroxylation sites is 4.